The molecule has 2 N–H and O–H groups in total. The van der Waals surface area contributed by atoms with E-state index in [1.807, 2.05) is 29.2 Å². The average Bonchev–Trinajstić information content (AvgIpc) is 3.28. The summed E-state index contributed by atoms with van der Waals surface area (Å²) in [6, 6.07) is 9.85. The van der Waals surface area contributed by atoms with Crippen molar-refractivity contribution in [2.24, 2.45) is 5.73 Å². The number of nitrogens with two attached hydrogens (primary N) is 1. The van der Waals surface area contributed by atoms with Gasteiger partial charge < -0.3 is 19.8 Å². The Morgan fingerprint density at radius 2 is 2.04 bits per heavy atom. The van der Waals surface area contributed by atoms with Crippen LogP contribution in [0.25, 0.3) is 0 Å². The van der Waals surface area contributed by atoms with Gasteiger partial charge in [0.05, 0.1) is 19.2 Å². The van der Waals surface area contributed by atoms with E-state index in [1.165, 1.54) is 6.26 Å². The highest BCUT2D eigenvalue weighted by Crippen LogP contribution is 2.30. The van der Waals surface area contributed by atoms with Crippen LogP contribution < -0.4 is 10.5 Å². The molecule has 1 aromatic carbocycles. The molecule has 1 aliphatic carbocycles. The zero-order chi connectivity index (χ0) is 15.5. The van der Waals surface area contributed by atoms with Crippen LogP contribution in [0.3, 0.4) is 0 Å². The normalized spacial score (nSPS) is 13.3. The number of halogens is 1. The number of nitrogens with zero attached hydrogens (tertiary/aromatic N) is 1. The third kappa shape index (κ3) is 4.06. The summed E-state index contributed by atoms with van der Waals surface area (Å²) in [7, 11) is 1.64. The van der Waals surface area contributed by atoms with Crippen molar-refractivity contribution in [2.45, 2.75) is 32.0 Å². The molecule has 23 heavy (non-hydrogen) atoms. The second-order valence-corrected chi connectivity index (χ2v) is 5.52. The van der Waals surface area contributed by atoms with E-state index >= 15 is 0 Å². The predicted molar refractivity (Wildman–Crippen MR) is 89.7 cm³/mol. The SMILES string of the molecule is COc1ccc(CN(C(=O)c2coc(CN)c2)C2CC2)cc1.Cl. The quantitative estimate of drug-likeness (QED) is 0.880. The fourth-order valence-electron chi connectivity index (χ4n) is 2.45. The molecule has 1 amide bonds. The number of rotatable bonds is 6. The Morgan fingerprint density at radius 1 is 1.35 bits per heavy atom. The van der Waals surface area contributed by atoms with Crippen molar-refractivity contribution in [3.05, 3.63) is 53.5 Å². The highest BCUT2D eigenvalue weighted by molar-refractivity contribution is 5.94. The zero-order valence-corrected chi connectivity index (χ0v) is 13.8. The average molecular weight is 337 g/mol. The number of carbonyl (C=O) groups excluding carboxylic acids is 1. The van der Waals surface area contributed by atoms with Gasteiger partial charge >= 0.3 is 0 Å². The molecule has 124 valence electrons. The van der Waals surface area contributed by atoms with Crippen molar-refractivity contribution in [1.29, 1.82) is 0 Å². The standard InChI is InChI=1S/C17H20N2O3.ClH/c1-21-15-6-2-12(3-7-15)10-19(14-4-5-14)17(20)13-8-16(9-18)22-11-13;/h2-3,6-8,11,14H,4-5,9-10,18H2,1H3;1H. The van der Waals surface area contributed by atoms with Crippen molar-refractivity contribution < 1.29 is 13.9 Å². The van der Waals surface area contributed by atoms with E-state index in [-0.39, 0.29) is 18.3 Å². The fourth-order valence-corrected chi connectivity index (χ4v) is 2.45. The summed E-state index contributed by atoms with van der Waals surface area (Å²) in [5.41, 5.74) is 7.19. The van der Waals surface area contributed by atoms with Crippen LogP contribution in [0, 0.1) is 0 Å². The van der Waals surface area contributed by atoms with Crippen LogP contribution >= 0.6 is 12.4 Å². The number of ether oxygens (including phenoxy) is 1. The van der Waals surface area contributed by atoms with Gasteiger partial charge in [0.1, 0.15) is 17.8 Å². The van der Waals surface area contributed by atoms with Gasteiger partial charge in [-0.25, -0.2) is 0 Å². The van der Waals surface area contributed by atoms with Gasteiger partial charge in [0, 0.05) is 12.6 Å². The lowest BCUT2D eigenvalue weighted by Gasteiger charge is -2.22. The molecule has 0 atom stereocenters. The number of amides is 1. The molecule has 1 aliphatic rings. The van der Waals surface area contributed by atoms with Crippen LogP contribution in [0.5, 0.6) is 5.75 Å². The summed E-state index contributed by atoms with van der Waals surface area (Å²) in [5, 5.41) is 0. The summed E-state index contributed by atoms with van der Waals surface area (Å²) >= 11 is 0. The molecule has 1 fully saturated rings. The van der Waals surface area contributed by atoms with Gasteiger partial charge in [0.25, 0.3) is 5.91 Å². The lowest BCUT2D eigenvalue weighted by Crippen LogP contribution is -2.32. The third-order valence-corrected chi connectivity index (χ3v) is 3.86. The largest absolute Gasteiger partial charge is 0.497 e. The minimum Gasteiger partial charge on any atom is -0.497 e. The van der Waals surface area contributed by atoms with E-state index in [1.54, 1.807) is 13.2 Å². The molecule has 5 nitrogen and oxygen atoms in total. The summed E-state index contributed by atoms with van der Waals surface area (Å²) in [6.45, 7) is 0.895. The number of carbonyl (C=O) groups is 1. The molecule has 2 aromatic rings. The van der Waals surface area contributed by atoms with Crippen LogP contribution in [0.2, 0.25) is 0 Å². The van der Waals surface area contributed by atoms with Crippen molar-refractivity contribution in [3.63, 3.8) is 0 Å². The minimum atomic E-state index is 0. The van der Waals surface area contributed by atoms with Gasteiger partial charge in [-0.05, 0) is 36.6 Å². The van der Waals surface area contributed by atoms with Crippen LogP contribution in [-0.2, 0) is 13.1 Å². The molecule has 0 aliphatic heterocycles. The smallest absolute Gasteiger partial charge is 0.257 e. The van der Waals surface area contributed by atoms with Crippen molar-refractivity contribution in [3.8, 4) is 5.75 Å². The number of hydrogen-bond donors (Lipinski definition) is 1. The van der Waals surface area contributed by atoms with Gasteiger partial charge in [-0.3, -0.25) is 4.79 Å². The number of benzene rings is 1. The third-order valence-electron chi connectivity index (χ3n) is 3.86. The molecule has 0 unspecified atom stereocenters. The first-order chi connectivity index (χ1) is 10.7. The maximum atomic E-state index is 12.7. The Hall–Kier alpha value is -1.98. The lowest BCUT2D eigenvalue weighted by atomic mass is 10.2. The maximum absolute atomic E-state index is 12.7. The molecule has 0 saturated heterocycles. The maximum Gasteiger partial charge on any atom is 0.257 e. The molecule has 1 heterocycles. The molecule has 6 heteroatoms. The first-order valence-corrected chi connectivity index (χ1v) is 7.42. The molecular weight excluding hydrogens is 316 g/mol. The molecule has 0 bridgehead atoms. The first-order valence-electron chi connectivity index (χ1n) is 7.42. The first kappa shape index (κ1) is 17.4. The number of furan rings is 1. The zero-order valence-electron chi connectivity index (χ0n) is 13.0. The van der Waals surface area contributed by atoms with Gasteiger partial charge in [-0.2, -0.15) is 0 Å². The molecule has 1 aromatic heterocycles. The van der Waals surface area contributed by atoms with E-state index in [4.69, 9.17) is 14.9 Å². The van der Waals surface area contributed by atoms with Crippen molar-refractivity contribution >= 4 is 18.3 Å². The summed E-state index contributed by atoms with van der Waals surface area (Å²) in [4.78, 5) is 14.6. The highest BCUT2D eigenvalue weighted by atomic mass is 35.5. The molecular formula is C17H21ClN2O3. The predicted octanol–water partition coefficient (Wildman–Crippen LogP) is 2.97. The Balaban J connectivity index is 0.00000192. The van der Waals surface area contributed by atoms with E-state index < -0.39 is 0 Å². The van der Waals surface area contributed by atoms with E-state index in [0.717, 1.165) is 24.2 Å². The Labute approximate surface area is 141 Å². The Kier molecular flexibility index (Phi) is 5.69. The topological polar surface area (TPSA) is 68.7 Å². The Bertz CT molecular complexity index is 650. The highest BCUT2D eigenvalue weighted by Gasteiger charge is 2.33. The Morgan fingerprint density at radius 3 is 2.57 bits per heavy atom. The van der Waals surface area contributed by atoms with E-state index in [2.05, 4.69) is 0 Å². The van der Waals surface area contributed by atoms with Crippen LogP contribution in [0.15, 0.2) is 41.0 Å². The van der Waals surface area contributed by atoms with Crippen LogP contribution in [0.1, 0.15) is 34.5 Å². The van der Waals surface area contributed by atoms with E-state index in [9.17, 15) is 4.79 Å². The second kappa shape index (κ2) is 7.53. The molecule has 0 radical (unpaired) electrons. The number of methoxy groups -OCH3 is 1. The second-order valence-electron chi connectivity index (χ2n) is 5.52. The molecule has 1 saturated carbocycles. The van der Waals surface area contributed by atoms with Gasteiger partial charge in [-0.1, -0.05) is 12.1 Å². The van der Waals surface area contributed by atoms with E-state index in [0.29, 0.717) is 30.5 Å². The summed E-state index contributed by atoms with van der Waals surface area (Å²) < 4.78 is 10.4. The summed E-state index contributed by atoms with van der Waals surface area (Å²) in [5.74, 6) is 1.45. The van der Waals surface area contributed by atoms with Gasteiger partial charge in [0.2, 0.25) is 0 Å². The van der Waals surface area contributed by atoms with Crippen LogP contribution in [-0.4, -0.2) is 24.0 Å². The number of hydrogen-bond acceptors (Lipinski definition) is 4. The molecule has 0 spiro atoms. The molecule has 3 rings (SSSR count). The van der Waals surface area contributed by atoms with Gasteiger partial charge in [0.15, 0.2) is 0 Å². The van der Waals surface area contributed by atoms with Gasteiger partial charge in [-0.15, -0.1) is 12.4 Å². The minimum absolute atomic E-state index is 0. The van der Waals surface area contributed by atoms with Crippen LogP contribution in [0.4, 0.5) is 0 Å². The monoisotopic (exact) mass is 336 g/mol. The van der Waals surface area contributed by atoms with Crippen molar-refractivity contribution in [1.82, 2.24) is 4.90 Å². The fraction of sp³-hybridized carbons (Fsp3) is 0.353. The summed E-state index contributed by atoms with van der Waals surface area (Å²) in [6.07, 6.45) is 3.61. The van der Waals surface area contributed by atoms with Crippen molar-refractivity contribution in [2.75, 3.05) is 7.11 Å². The lowest BCUT2D eigenvalue weighted by molar-refractivity contribution is 0.0729.